The van der Waals surface area contributed by atoms with E-state index in [0.29, 0.717) is 30.3 Å². The van der Waals surface area contributed by atoms with Gasteiger partial charge in [0.05, 0.1) is 0 Å². The molecule has 0 unspecified atom stereocenters. The summed E-state index contributed by atoms with van der Waals surface area (Å²) in [5, 5.41) is 19.0. The summed E-state index contributed by atoms with van der Waals surface area (Å²) in [6, 6.07) is 6.91. The van der Waals surface area contributed by atoms with E-state index in [2.05, 4.69) is 15.5 Å². The molecular formula is C13H15N3O3. The molecular weight excluding hydrogens is 246 g/mol. The summed E-state index contributed by atoms with van der Waals surface area (Å²) in [6.45, 7) is 2.25. The molecule has 2 N–H and O–H groups in total. The topological polar surface area (TPSA) is 88.2 Å². The van der Waals surface area contributed by atoms with Crippen LogP contribution in [0.1, 0.15) is 22.7 Å². The van der Waals surface area contributed by atoms with E-state index in [-0.39, 0.29) is 12.5 Å². The van der Waals surface area contributed by atoms with Gasteiger partial charge in [-0.15, -0.1) is 10.2 Å². The Hall–Kier alpha value is -2.21. The van der Waals surface area contributed by atoms with Gasteiger partial charge in [-0.3, -0.25) is 4.79 Å². The number of aliphatic hydroxyl groups is 1. The summed E-state index contributed by atoms with van der Waals surface area (Å²) >= 11 is 0. The van der Waals surface area contributed by atoms with E-state index in [1.807, 2.05) is 0 Å². The van der Waals surface area contributed by atoms with Crippen molar-refractivity contribution in [2.24, 2.45) is 0 Å². The molecule has 2 aromatic rings. The summed E-state index contributed by atoms with van der Waals surface area (Å²) < 4.78 is 5.30. The van der Waals surface area contributed by atoms with Crippen molar-refractivity contribution in [3.05, 3.63) is 35.7 Å². The maximum atomic E-state index is 11.7. The first-order chi connectivity index (χ1) is 9.20. The lowest BCUT2D eigenvalue weighted by Crippen LogP contribution is -2.24. The fourth-order valence-corrected chi connectivity index (χ4v) is 1.56. The largest absolute Gasteiger partial charge is 0.421 e. The molecule has 19 heavy (non-hydrogen) atoms. The lowest BCUT2D eigenvalue weighted by Gasteiger charge is -2.04. The third-order valence-corrected chi connectivity index (χ3v) is 2.54. The van der Waals surface area contributed by atoms with Gasteiger partial charge in [-0.05, 0) is 30.7 Å². The Labute approximate surface area is 110 Å². The van der Waals surface area contributed by atoms with Crippen LogP contribution in [0.25, 0.3) is 11.5 Å². The maximum absolute atomic E-state index is 11.7. The molecule has 1 heterocycles. The Morgan fingerprint density at radius 2 is 2.05 bits per heavy atom. The second-order valence-electron chi connectivity index (χ2n) is 4.04. The lowest BCUT2D eigenvalue weighted by atomic mass is 10.1. The Morgan fingerprint density at radius 1 is 1.32 bits per heavy atom. The number of aryl methyl sites for hydroxylation is 1. The SMILES string of the molecule is Cc1nnc(-c2ccc(C(=O)NCCCO)cc2)o1. The van der Waals surface area contributed by atoms with Crippen molar-refractivity contribution in [3.8, 4) is 11.5 Å². The smallest absolute Gasteiger partial charge is 0.251 e. The Morgan fingerprint density at radius 3 is 2.63 bits per heavy atom. The van der Waals surface area contributed by atoms with Gasteiger partial charge >= 0.3 is 0 Å². The van der Waals surface area contributed by atoms with E-state index in [1.54, 1.807) is 31.2 Å². The van der Waals surface area contributed by atoms with Crippen LogP contribution in [0.15, 0.2) is 28.7 Å². The molecule has 6 nitrogen and oxygen atoms in total. The first-order valence-corrected chi connectivity index (χ1v) is 6.00. The van der Waals surface area contributed by atoms with Crippen molar-refractivity contribution in [2.45, 2.75) is 13.3 Å². The number of benzene rings is 1. The van der Waals surface area contributed by atoms with Crippen LogP contribution in [0.5, 0.6) is 0 Å². The van der Waals surface area contributed by atoms with Crippen molar-refractivity contribution in [1.29, 1.82) is 0 Å². The Bertz CT molecular complexity index is 549. The number of carbonyl (C=O) groups is 1. The number of aromatic nitrogens is 2. The van der Waals surface area contributed by atoms with Crippen molar-refractivity contribution in [2.75, 3.05) is 13.2 Å². The summed E-state index contributed by atoms with van der Waals surface area (Å²) in [5.74, 6) is 0.771. The molecule has 0 fully saturated rings. The molecule has 0 spiro atoms. The summed E-state index contributed by atoms with van der Waals surface area (Å²) in [5.41, 5.74) is 1.32. The summed E-state index contributed by atoms with van der Waals surface area (Å²) in [7, 11) is 0. The third kappa shape index (κ3) is 3.38. The number of rotatable bonds is 5. The molecule has 0 radical (unpaired) electrons. The van der Waals surface area contributed by atoms with Gasteiger partial charge in [0.15, 0.2) is 0 Å². The zero-order valence-electron chi connectivity index (χ0n) is 10.6. The molecule has 0 saturated heterocycles. The predicted molar refractivity (Wildman–Crippen MR) is 68.5 cm³/mol. The molecule has 1 amide bonds. The van der Waals surface area contributed by atoms with Gasteiger partial charge < -0.3 is 14.8 Å². The second-order valence-corrected chi connectivity index (χ2v) is 4.04. The van der Waals surface area contributed by atoms with Crippen LogP contribution in [0.3, 0.4) is 0 Å². The van der Waals surface area contributed by atoms with Crippen molar-refractivity contribution in [1.82, 2.24) is 15.5 Å². The van der Waals surface area contributed by atoms with Crippen molar-refractivity contribution < 1.29 is 14.3 Å². The Kier molecular flexibility index (Phi) is 4.25. The highest BCUT2D eigenvalue weighted by molar-refractivity contribution is 5.94. The molecule has 0 aliphatic carbocycles. The van der Waals surface area contributed by atoms with Crippen LogP contribution in [0.4, 0.5) is 0 Å². The first kappa shape index (κ1) is 13.2. The van der Waals surface area contributed by atoms with Crippen LogP contribution in [-0.4, -0.2) is 34.4 Å². The quantitative estimate of drug-likeness (QED) is 0.788. The zero-order valence-corrected chi connectivity index (χ0v) is 10.6. The van der Waals surface area contributed by atoms with E-state index in [4.69, 9.17) is 9.52 Å². The first-order valence-electron chi connectivity index (χ1n) is 6.00. The van der Waals surface area contributed by atoms with Crippen LogP contribution in [-0.2, 0) is 0 Å². The molecule has 1 aromatic carbocycles. The number of carbonyl (C=O) groups excluding carboxylic acids is 1. The molecule has 0 bridgehead atoms. The molecule has 0 aliphatic heterocycles. The number of nitrogens with one attached hydrogen (secondary N) is 1. The molecule has 2 rings (SSSR count). The number of hydrogen-bond donors (Lipinski definition) is 2. The number of hydrogen-bond acceptors (Lipinski definition) is 5. The number of amides is 1. The maximum Gasteiger partial charge on any atom is 0.251 e. The highest BCUT2D eigenvalue weighted by Gasteiger charge is 2.08. The normalized spacial score (nSPS) is 10.4. The molecule has 0 aliphatic rings. The van der Waals surface area contributed by atoms with Gasteiger partial charge in [-0.2, -0.15) is 0 Å². The van der Waals surface area contributed by atoms with Crippen LogP contribution < -0.4 is 5.32 Å². The van der Waals surface area contributed by atoms with E-state index < -0.39 is 0 Å². The van der Waals surface area contributed by atoms with Gasteiger partial charge in [-0.1, -0.05) is 0 Å². The van der Waals surface area contributed by atoms with Gasteiger partial charge in [-0.25, -0.2) is 0 Å². The second kappa shape index (κ2) is 6.10. The number of nitrogens with zero attached hydrogens (tertiary/aromatic N) is 2. The van der Waals surface area contributed by atoms with Gasteiger partial charge in [0.2, 0.25) is 11.8 Å². The lowest BCUT2D eigenvalue weighted by molar-refractivity contribution is 0.0951. The van der Waals surface area contributed by atoms with E-state index in [1.165, 1.54) is 0 Å². The molecule has 0 saturated carbocycles. The third-order valence-electron chi connectivity index (χ3n) is 2.54. The van der Waals surface area contributed by atoms with Crippen LogP contribution in [0.2, 0.25) is 0 Å². The van der Waals surface area contributed by atoms with Crippen LogP contribution in [0, 0.1) is 6.92 Å². The average Bonchev–Trinajstić information content (AvgIpc) is 2.86. The average molecular weight is 261 g/mol. The van der Waals surface area contributed by atoms with Gasteiger partial charge in [0.25, 0.3) is 5.91 Å². The molecule has 0 atom stereocenters. The van der Waals surface area contributed by atoms with Gasteiger partial charge in [0.1, 0.15) is 0 Å². The monoisotopic (exact) mass is 261 g/mol. The highest BCUT2D eigenvalue weighted by atomic mass is 16.4. The Balaban J connectivity index is 2.04. The van der Waals surface area contributed by atoms with Crippen LogP contribution >= 0.6 is 0 Å². The minimum atomic E-state index is -0.165. The standard InChI is InChI=1S/C13H15N3O3/c1-9-15-16-13(19-9)11-5-3-10(4-6-11)12(18)14-7-2-8-17/h3-6,17H,2,7-8H2,1H3,(H,14,18). The minimum absolute atomic E-state index is 0.0652. The summed E-state index contributed by atoms with van der Waals surface area (Å²) in [6.07, 6.45) is 0.547. The fourth-order valence-electron chi connectivity index (χ4n) is 1.56. The summed E-state index contributed by atoms with van der Waals surface area (Å²) in [4.78, 5) is 11.7. The molecule has 6 heteroatoms. The van der Waals surface area contributed by atoms with Crippen molar-refractivity contribution >= 4 is 5.91 Å². The highest BCUT2D eigenvalue weighted by Crippen LogP contribution is 2.17. The molecule has 1 aromatic heterocycles. The van der Waals surface area contributed by atoms with E-state index >= 15 is 0 Å². The fraction of sp³-hybridized carbons (Fsp3) is 0.308. The van der Waals surface area contributed by atoms with Crippen molar-refractivity contribution in [3.63, 3.8) is 0 Å². The zero-order chi connectivity index (χ0) is 13.7. The predicted octanol–water partition coefficient (Wildman–Crippen LogP) is 1.16. The molecule has 100 valence electrons. The minimum Gasteiger partial charge on any atom is -0.421 e. The van der Waals surface area contributed by atoms with E-state index in [0.717, 1.165) is 5.56 Å². The van der Waals surface area contributed by atoms with E-state index in [9.17, 15) is 4.79 Å². The number of aliphatic hydroxyl groups excluding tert-OH is 1. The van der Waals surface area contributed by atoms with Gasteiger partial charge in [0, 0.05) is 31.2 Å².